The van der Waals surface area contributed by atoms with E-state index in [0.717, 1.165) is 32.4 Å². The average Bonchev–Trinajstić information content (AvgIpc) is 2.42. The molecule has 0 spiro atoms. The van der Waals surface area contributed by atoms with Crippen LogP contribution in [0.3, 0.4) is 0 Å². The van der Waals surface area contributed by atoms with Gasteiger partial charge in [0.05, 0.1) is 6.61 Å². The van der Waals surface area contributed by atoms with Crippen LogP contribution in [-0.4, -0.2) is 30.6 Å². The summed E-state index contributed by atoms with van der Waals surface area (Å²) in [4.78, 5) is 13.9. The summed E-state index contributed by atoms with van der Waals surface area (Å²) in [6.45, 7) is 12.6. The van der Waals surface area contributed by atoms with Crippen LogP contribution in [0.1, 0.15) is 65.7 Å². The first-order valence-electron chi connectivity index (χ1n) is 7.78. The summed E-state index contributed by atoms with van der Waals surface area (Å²) >= 11 is 0. The summed E-state index contributed by atoms with van der Waals surface area (Å²) in [5, 5.41) is 0. The first-order chi connectivity index (χ1) is 9.17. The van der Waals surface area contributed by atoms with Crippen LogP contribution < -0.4 is 0 Å². The molecule has 0 unspecified atom stereocenters. The zero-order valence-electron chi connectivity index (χ0n) is 13.0. The molecule has 0 radical (unpaired) electrons. The van der Waals surface area contributed by atoms with Gasteiger partial charge in [-0.1, -0.05) is 53.0 Å². The number of rotatable bonds is 12. The lowest BCUT2D eigenvalue weighted by molar-refractivity contribution is -0.140. The van der Waals surface area contributed by atoms with E-state index in [0.29, 0.717) is 12.3 Å². The Hall–Kier alpha value is -0.990. The molecule has 0 amide bonds. The van der Waals surface area contributed by atoms with Gasteiger partial charge < -0.3 is 9.64 Å². The fourth-order valence-electron chi connectivity index (χ4n) is 1.89. The van der Waals surface area contributed by atoms with Crippen molar-refractivity contribution in [2.24, 2.45) is 0 Å². The van der Waals surface area contributed by atoms with Gasteiger partial charge >= 0.3 is 5.97 Å². The number of unbranched alkanes of at least 4 members (excludes halogenated alkanes) is 4. The van der Waals surface area contributed by atoms with Crippen LogP contribution >= 0.6 is 0 Å². The molecule has 0 aliphatic rings. The molecule has 0 heterocycles. The van der Waals surface area contributed by atoms with Gasteiger partial charge in [-0.05, 0) is 19.3 Å². The Morgan fingerprint density at radius 2 is 1.47 bits per heavy atom. The molecule has 0 rings (SSSR count). The third-order valence-corrected chi connectivity index (χ3v) is 3.12. The van der Waals surface area contributed by atoms with Gasteiger partial charge in [-0.2, -0.15) is 0 Å². The number of hydrogen-bond donors (Lipinski definition) is 0. The van der Waals surface area contributed by atoms with Crippen molar-refractivity contribution >= 4 is 5.97 Å². The lowest BCUT2D eigenvalue weighted by Gasteiger charge is -2.25. The van der Waals surface area contributed by atoms with Crippen LogP contribution in [0.4, 0.5) is 0 Å². The van der Waals surface area contributed by atoms with Gasteiger partial charge in [0.1, 0.15) is 5.70 Å². The molecule has 0 aliphatic heterocycles. The molecule has 0 aromatic rings. The van der Waals surface area contributed by atoms with Gasteiger partial charge in [-0.15, -0.1) is 0 Å². The van der Waals surface area contributed by atoms with Crippen molar-refractivity contribution < 1.29 is 9.53 Å². The molecule has 19 heavy (non-hydrogen) atoms. The maximum absolute atomic E-state index is 11.8. The van der Waals surface area contributed by atoms with Crippen LogP contribution in [0, 0.1) is 0 Å². The van der Waals surface area contributed by atoms with Crippen molar-refractivity contribution in [2.45, 2.75) is 65.7 Å². The van der Waals surface area contributed by atoms with E-state index in [-0.39, 0.29) is 5.97 Å². The molecule has 0 saturated heterocycles. The van der Waals surface area contributed by atoms with Crippen LogP contribution in [0.25, 0.3) is 0 Å². The number of hydrogen-bond acceptors (Lipinski definition) is 3. The monoisotopic (exact) mass is 269 g/mol. The van der Waals surface area contributed by atoms with Gasteiger partial charge in [0.2, 0.25) is 0 Å². The number of nitrogens with zero attached hydrogens (tertiary/aromatic N) is 1. The maximum atomic E-state index is 11.8. The van der Waals surface area contributed by atoms with Crippen LogP contribution in [0.5, 0.6) is 0 Å². The molecule has 112 valence electrons. The van der Waals surface area contributed by atoms with E-state index in [1.54, 1.807) is 0 Å². The first-order valence-corrected chi connectivity index (χ1v) is 7.78. The van der Waals surface area contributed by atoms with Crippen LogP contribution in [0.15, 0.2) is 12.3 Å². The summed E-state index contributed by atoms with van der Waals surface area (Å²) in [6.07, 6.45) is 7.85. The van der Waals surface area contributed by atoms with E-state index in [1.807, 2.05) is 6.92 Å². The second-order valence-electron chi connectivity index (χ2n) is 4.98. The van der Waals surface area contributed by atoms with Crippen molar-refractivity contribution in [1.82, 2.24) is 4.90 Å². The van der Waals surface area contributed by atoms with E-state index >= 15 is 0 Å². The summed E-state index contributed by atoms with van der Waals surface area (Å²) in [5.74, 6) is -0.255. The van der Waals surface area contributed by atoms with E-state index in [2.05, 4.69) is 25.3 Å². The third-order valence-electron chi connectivity index (χ3n) is 3.12. The quantitative estimate of drug-likeness (QED) is 0.303. The predicted molar refractivity (Wildman–Crippen MR) is 81.0 cm³/mol. The van der Waals surface area contributed by atoms with Crippen LogP contribution in [-0.2, 0) is 9.53 Å². The maximum Gasteiger partial charge on any atom is 0.353 e. The molecule has 0 aromatic carbocycles. The third kappa shape index (κ3) is 8.68. The molecule has 0 aromatic heterocycles. The van der Waals surface area contributed by atoms with Crippen molar-refractivity contribution in [1.29, 1.82) is 0 Å². The first kappa shape index (κ1) is 18.0. The fraction of sp³-hybridized carbons (Fsp3) is 0.812. The highest BCUT2D eigenvalue weighted by Gasteiger charge is 2.15. The molecule has 3 nitrogen and oxygen atoms in total. The number of esters is 1. The standard InChI is InChI=1S/C16H31NO2/c1-5-8-10-12-17(13-11-9-6-2)15(4)16(18)19-14-7-3/h4-14H2,1-3H3. The Kier molecular flexibility index (Phi) is 11.4. The second-order valence-corrected chi connectivity index (χ2v) is 4.98. The predicted octanol–water partition coefficient (Wildman–Crippen LogP) is 4.14. The Labute approximate surface area is 119 Å². The highest BCUT2D eigenvalue weighted by molar-refractivity contribution is 5.87. The molecular weight excluding hydrogens is 238 g/mol. The molecule has 0 fully saturated rings. The van der Waals surface area contributed by atoms with Crippen LogP contribution in [0.2, 0.25) is 0 Å². The summed E-state index contributed by atoms with van der Waals surface area (Å²) in [6, 6.07) is 0. The van der Waals surface area contributed by atoms with E-state index in [1.165, 1.54) is 25.7 Å². The smallest absolute Gasteiger partial charge is 0.353 e. The second kappa shape index (κ2) is 12.1. The lowest BCUT2D eigenvalue weighted by atomic mass is 10.2. The molecule has 3 heteroatoms. The number of ether oxygens (including phenoxy) is 1. The Morgan fingerprint density at radius 1 is 0.947 bits per heavy atom. The lowest BCUT2D eigenvalue weighted by Crippen LogP contribution is -2.30. The molecule has 0 bridgehead atoms. The normalized spacial score (nSPS) is 10.3. The number of carbonyl (C=O) groups is 1. The van der Waals surface area contributed by atoms with Crippen molar-refractivity contribution in [3.05, 3.63) is 12.3 Å². The van der Waals surface area contributed by atoms with Gasteiger partial charge in [-0.25, -0.2) is 4.79 Å². The zero-order valence-corrected chi connectivity index (χ0v) is 13.0. The van der Waals surface area contributed by atoms with E-state index in [4.69, 9.17) is 4.74 Å². The largest absolute Gasteiger partial charge is 0.461 e. The molecular formula is C16H31NO2. The van der Waals surface area contributed by atoms with Crippen molar-refractivity contribution in [2.75, 3.05) is 19.7 Å². The Morgan fingerprint density at radius 3 is 1.89 bits per heavy atom. The summed E-state index contributed by atoms with van der Waals surface area (Å²) < 4.78 is 5.17. The highest BCUT2D eigenvalue weighted by Crippen LogP contribution is 2.10. The van der Waals surface area contributed by atoms with Crippen molar-refractivity contribution in [3.63, 3.8) is 0 Å². The van der Waals surface area contributed by atoms with E-state index < -0.39 is 0 Å². The van der Waals surface area contributed by atoms with Gasteiger partial charge in [0, 0.05) is 13.1 Å². The van der Waals surface area contributed by atoms with Crippen molar-refractivity contribution in [3.8, 4) is 0 Å². The highest BCUT2D eigenvalue weighted by atomic mass is 16.5. The molecule has 0 saturated carbocycles. The SMILES string of the molecule is C=C(C(=O)OCCC)N(CCCCC)CCCCC. The fourth-order valence-corrected chi connectivity index (χ4v) is 1.89. The minimum absolute atomic E-state index is 0.255. The Balaban J connectivity index is 4.26. The average molecular weight is 269 g/mol. The minimum atomic E-state index is -0.255. The zero-order chi connectivity index (χ0) is 14.5. The molecule has 0 aliphatic carbocycles. The topological polar surface area (TPSA) is 29.5 Å². The Bertz CT molecular complexity index is 241. The van der Waals surface area contributed by atoms with Gasteiger partial charge in [0.25, 0.3) is 0 Å². The minimum Gasteiger partial charge on any atom is -0.461 e. The molecule has 0 atom stereocenters. The van der Waals surface area contributed by atoms with E-state index in [9.17, 15) is 4.79 Å². The summed E-state index contributed by atoms with van der Waals surface area (Å²) in [7, 11) is 0. The molecule has 0 N–H and O–H groups in total. The van der Waals surface area contributed by atoms with Gasteiger partial charge in [-0.3, -0.25) is 0 Å². The number of carbonyl (C=O) groups excluding carboxylic acids is 1. The van der Waals surface area contributed by atoms with Gasteiger partial charge in [0.15, 0.2) is 0 Å². The summed E-state index contributed by atoms with van der Waals surface area (Å²) in [5.41, 5.74) is 0.528.